The Morgan fingerprint density at radius 1 is 1.17 bits per heavy atom. The molecular weight excluding hydrogens is 480 g/mol. The Balaban J connectivity index is 1.67. The van der Waals surface area contributed by atoms with Crippen molar-refractivity contribution in [1.82, 2.24) is 18.8 Å². The number of halogens is 2. The highest BCUT2D eigenvalue weighted by molar-refractivity contribution is 7.88. The standard InChI is InChI=1S/C23H33F2N5O4S/c1-35(33,34)29-9-7-17(8-10-29)27-23-26-14-16-11-15(12-20(24)25)22(32)30(21(16)28-23)18-5-3-2-4-6-19(31)13-18/h11,14,17-20,31H,2-10,12-13H2,1H3,(H,26,27,28)/t18-,19-/m1/s1. The van der Waals surface area contributed by atoms with E-state index in [1.807, 2.05) is 0 Å². The van der Waals surface area contributed by atoms with Gasteiger partial charge in [0.1, 0.15) is 5.65 Å². The van der Waals surface area contributed by atoms with E-state index < -0.39 is 34.5 Å². The van der Waals surface area contributed by atoms with Gasteiger partial charge in [-0.05, 0) is 38.2 Å². The van der Waals surface area contributed by atoms with E-state index in [2.05, 4.69) is 15.3 Å². The Hall–Kier alpha value is -2.18. The number of aliphatic hydroxyl groups excluding tert-OH is 1. The number of alkyl halides is 2. The number of rotatable bonds is 6. The molecule has 0 aromatic carbocycles. The molecule has 2 aromatic heterocycles. The van der Waals surface area contributed by atoms with Crippen LogP contribution >= 0.6 is 0 Å². The van der Waals surface area contributed by atoms with Crippen LogP contribution in [0, 0.1) is 0 Å². The number of pyridine rings is 1. The van der Waals surface area contributed by atoms with E-state index >= 15 is 0 Å². The second kappa shape index (κ2) is 10.8. The van der Waals surface area contributed by atoms with Gasteiger partial charge < -0.3 is 10.4 Å². The smallest absolute Gasteiger partial charge is 0.255 e. The quantitative estimate of drug-likeness (QED) is 0.610. The van der Waals surface area contributed by atoms with Crippen LogP contribution in [0.25, 0.3) is 11.0 Å². The predicted molar refractivity (Wildman–Crippen MR) is 129 cm³/mol. The van der Waals surface area contributed by atoms with Crippen molar-refractivity contribution in [3.05, 3.63) is 28.2 Å². The SMILES string of the molecule is CS(=O)(=O)N1CCC(Nc2ncc3cc(CC(F)F)c(=O)n([C@@H]4CCCCC[C@@H](O)C4)c3n2)CC1. The summed E-state index contributed by atoms with van der Waals surface area (Å²) in [6.07, 6.45) is 4.42. The predicted octanol–water partition coefficient (Wildman–Crippen LogP) is 2.69. The van der Waals surface area contributed by atoms with Crippen LogP contribution in [-0.4, -0.2) is 70.3 Å². The molecule has 0 unspecified atom stereocenters. The maximum atomic E-state index is 13.4. The van der Waals surface area contributed by atoms with Crippen LogP contribution in [0.15, 0.2) is 17.1 Å². The topological polar surface area (TPSA) is 117 Å². The number of aromatic nitrogens is 3. The van der Waals surface area contributed by atoms with E-state index in [1.165, 1.54) is 27.4 Å². The third kappa shape index (κ3) is 6.34. The fourth-order valence-corrected chi connectivity index (χ4v) is 6.01. The van der Waals surface area contributed by atoms with Crippen LogP contribution in [0.2, 0.25) is 0 Å². The summed E-state index contributed by atoms with van der Waals surface area (Å²) in [4.78, 5) is 22.3. The van der Waals surface area contributed by atoms with Crippen molar-refractivity contribution in [2.24, 2.45) is 0 Å². The largest absolute Gasteiger partial charge is 0.393 e. The monoisotopic (exact) mass is 513 g/mol. The molecule has 12 heteroatoms. The van der Waals surface area contributed by atoms with E-state index in [9.17, 15) is 27.1 Å². The van der Waals surface area contributed by atoms with Gasteiger partial charge in [-0.25, -0.2) is 26.5 Å². The van der Waals surface area contributed by atoms with Crippen molar-refractivity contribution >= 4 is 27.0 Å². The van der Waals surface area contributed by atoms with Gasteiger partial charge in [0.05, 0.1) is 12.4 Å². The van der Waals surface area contributed by atoms with Gasteiger partial charge >= 0.3 is 0 Å². The summed E-state index contributed by atoms with van der Waals surface area (Å²) in [6, 6.07) is 1.05. The molecule has 1 aliphatic heterocycles. The fourth-order valence-electron chi connectivity index (χ4n) is 5.13. The zero-order valence-electron chi connectivity index (χ0n) is 19.9. The molecule has 0 radical (unpaired) electrons. The molecule has 0 amide bonds. The zero-order valence-corrected chi connectivity index (χ0v) is 20.7. The van der Waals surface area contributed by atoms with Crippen molar-refractivity contribution < 1.29 is 22.3 Å². The van der Waals surface area contributed by atoms with Crippen molar-refractivity contribution in [2.75, 3.05) is 24.7 Å². The molecule has 2 aliphatic rings. The second-order valence-corrected chi connectivity index (χ2v) is 11.7. The van der Waals surface area contributed by atoms with Crippen molar-refractivity contribution in [1.29, 1.82) is 0 Å². The van der Waals surface area contributed by atoms with E-state index in [4.69, 9.17) is 0 Å². The summed E-state index contributed by atoms with van der Waals surface area (Å²) in [5, 5.41) is 14.2. The van der Waals surface area contributed by atoms with Crippen LogP contribution in [-0.2, 0) is 16.4 Å². The number of nitrogens with zero attached hydrogens (tertiary/aromatic N) is 4. The molecule has 2 N–H and O–H groups in total. The molecular formula is C23H33F2N5O4S. The summed E-state index contributed by atoms with van der Waals surface area (Å²) < 4.78 is 52.9. The molecule has 1 saturated heterocycles. The lowest BCUT2D eigenvalue weighted by molar-refractivity contribution is 0.120. The Bertz CT molecular complexity index is 1200. The Kier molecular flexibility index (Phi) is 8.02. The number of fused-ring (bicyclic) bond motifs is 1. The molecule has 1 saturated carbocycles. The minimum Gasteiger partial charge on any atom is -0.393 e. The lowest BCUT2D eigenvalue weighted by Crippen LogP contribution is -2.42. The highest BCUT2D eigenvalue weighted by atomic mass is 32.2. The molecule has 3 heterocycles. The highest BCUT2D eigenvalue weighted by Gasteiger charge is 2.27. The Morgan fingerprint density at radius 2 is 1.89 bits per heavy atom. The number of hydrogen-bond acceptors (Lipinski definition) is 7. The number of anilines is 1. The average molecular weight is 514 g/mol. The van der Waals surface area contributed by atoms with Gasteiger partial charge in [-0.1, -0.05) is 19.3 Å². The van der Waals surface area contributed by atoms with Crippen molar-refractivity contribution in [2.45, 2.75) is 82.4 Å². The van der Waals surface area contributed by atoms with Gasteiger partial charge in [0.2, 0.25) is 22.4 Å². The first kappa shape index (κ1) is 25.9. The maximum Gasteiger partial charge on any atom is 0.255 e. The van der Waals surface area contributed by atoms with Crippen LogP contribution in [0.5, 0.6) is 0 Å². The molecule has 0 bridgehead atoms. The number of aliphatic hydroxyl groups is 1. The van der Waals surface area contributed by atoms with Crippen LogP contribution < -0.4 is 10.9 Å². The van der Waals surface area contributed by atoms with Gasteiger partial charge in [0, 0.05) is 48.7 Å². The third-order valence-electron chi connectivity index (χ3n) is 6.96. The summed E-state index contributed by atoms with van der Waals surface area (Å²) in [7, 11) is -3.23. The van der Waals surface area contributed by atoms with E-state index in [1.54, 1.807) is 0 Å². The number of hydrogen-bond donors (Lipinski definition) is 2. The first-order valence-electron chi connectivity index (χ1n) is 12.2. The molecule has 35 heavy (non-hydrogen) atoms. The van der Waals surface area contributed by atoms with Gasteiger partial charge in [-0.2, -0.15) is 4.98 Å². The average Bonchev–Trinajstić information content (AvgIpc) is 2.77. The van der Waals surface area contributed by atoms with Crippen molar-refractivity contribution in [3.63, 3.8) is 0 Å². The van der Waals surface area contributed by atoms with E-state index in [-0.39, 0.29) is 17.6 Å². The molecule has 2 fully saturated rings. The number of piperidine rings is 1. The fraction of sp³-hybridized carbons (Fsp3) is 0.696. The van der Waals surface area contributed by atoms with Gasteiger partial charge in [0.25, 0.3) is 5.56 Å². The first-order chi connectivity index (χ1) is 16.6. The van der Waals surface area contributed by atoms with Crippen molar-refractivity contribution in [3.8, 4) is 0 Å². The molecule has 1 aliphatic carbocycles. The lowest BCUT2D eigenvalue weighted by Gasteiger charge is -2.30. The van der Waals surface area contributed by atoms with Crippen LogP contribution in [0.1, 0.15) is 63.0 Å². The second-order valence-electron chi connectivity index (χ2n) is 9.67. The Morgan fingerprint density at radius 3 is 2.57 bits per heavy atom. The van der Waals surface area contributed by atoms with Gasteiger partial charge in [0.15, 0.2) is 0 Å². The highest BCUT2D eigenvalue weighted by Crippen LogP contribution is 2.29. The first-order valence-corrected chi connectivity index (χ1v) is 14.1. The number of nitrogens with one attached hydrogen (secondary N) is 1. The molecule has 0 spiro atoms. The van der Waals surface area contributed by atoms with Crippen LogP contribution in [0.3, 0.4) is 0 Å². The Labute approximate surface area is 203 Å². The zero-order chi connectivity index (χ0) is 25.2. The molecule has 2 atom stereocenters. The molecule has 194 valence electrons. The summed E-state index contributed by atoms with van der Waals surface area (Å²) in [5.41, 5.74) is -0.125. The molecule has 9 nitrogen and oxygen atoms in total. The minimum atomic E-state index is -3.23. The minimum absolute atomic E-state index is 0.0153. The van der Waals surface area contributed by atoms with E-state index in [0.717, 1.165) is 19.3 Å². The van der Waals surface area contributed by atoms with Gasteiger partial charge in [-0.15, -0.1) is 0 Å². The number of sulfonamides is 1. The molecule has 4 rings (SSSR count). The van der Waals surface area contributed by atoms with E-state index in [0.29, 0.717) is 62.2 Å². The van der Waals surface area contributed by atoms with Gasteiger partial charge in [-0.3, -0.25) is 9.36 Å². The third-order valence-corrected chi connectivity index (χ3v) is 8.26. The van der Waals surface area contributed by atoms with Crippen LogP contribution in [0.4, 0.5) is 14.7 Å². The normalized spacial score (nSPS) is 23.3. The lowest BCUT2D eigenvalue weighted by atomic mass is 9.94. The maximum absolute atomic E-state index is 13.4. The summed E-state index contributed by atoms with van der Waals surface area (Å²) >= 11 is 0. The summed E-state index contributed by atoms with van der Waals surface area (Å²) in [5.74, 6) is 0.302. The summed E-state index contributed by atoms with van der Waals surface area (Å²) in [6.45, 7) is 0.789. The molecule has 2 aromatic rings.